The van der Waals surface area contributed by atoms with Gasteiger partial charge in [-0.2, -0.15) is 0 Å². The smallest absolute Gasteiger partial charge is 0.252 e. The first-order valence-electron chi connectivity index (χ1n) is 6.76. The Balaban J connectivity index is 1.88. The van der Waals surface area contributed by atoms with Crippen molar-refractivity contribution in [2.75, 3.05) is 18.4 Å². The second-order valence-electron chi connectivity index (χ2n) is 4.41. The Morgan fingerprint density at radius 1 is 1.38 bits per heavy atom. The van der Waals surface area contributed by atoms with E-state index in [-0.39, 0.29) is 5.91 Å². The molecule has 0 saturated carbocycles. The van der Waals surface area contributed by atoms with Crippen molar-refractivity contribution in [2.24, 2.45) is 0 Å². The molecule has 7 heteroatoms. The average Bonchev–Trinajstić information content (AvgIpc) is 2.99. The number of aromatic nitrogens is 2. The van der Waals surface area contributed by atoms with Gasteiger partial charge in [0.1, 0.15) is 5.82 Å². The maximum absolute atomic E-state index is 12.0. The highest BCUT2D eigenvalue weighted by molar-refractivity contribution is 7.09. The number of nitrogens with zero attached hydrogens (tertiary/aromatic N) is 2. The molecule has 0 atom stereocenters. The van der Waals surface area contributed by atoms with Gasteiger partial charge in [-0.25, -0.2) is 9.97 Å². The van der Waals surface area contributed by atoms with Gasteiger partial charge in [-0.15, -0.1) is 11.3 Å². The molecule has 1 amide bonds. The van der Waals surface area contributed by atoms with Gasteiger partial charge in [-0.05, 0) is 12.5 Å². The quantitative estimate of drug-likeness (QED) is 0.821. The normalized spacial score (nSPS) is 10.4. The number of pyridine rings is 1. The van der Waals surface area contributed by atoms with Gasteiger partial charge in [0.2, 0.25) is 0 Å². The summed E-state index contributed by atoms with van der Waals surface area (Å²) in [6.45, 7) is 3.40. The number of carbonyl (C=O) groups is 1. The number of thiazole rings is 1. The lowest BCUT2D eigenvalue weighted by molar-refractivity contribution is 0.0954. The average molecular weight is 325 g/mol. The minimum Gasteiger partial charge on any atom is -0.369 e. The summed E-state index contributed by atoms with van der Waals surface area (Å²) in [5.74, 6) is 0.431. The van der Waals surface area contributed by atoms with Crippen molar-refractivity contribution in [3.8, 4) is 0 Å². The molecule has 0 aliphatic rings. The van der Waals surface area contributed by atoms with Gasteiger partial charge in [0.05, 0.1) is 15.6 Å². The molecule has 0 unspecified atom stereocenters. The number of hydrogen-bond donors (Lipinski definition) is 2. The lowest BCUT2D eigenvalue weighted by Crippen LogP contribution is -2.25. The van der Waals surface area contributed by atoms with E-state index in [1.165, 1.54) is 6.20 Å². The molecule has 0 radical (unpaired) electrons. The van der Waals surface area contributed by atoms with Crippen molar-refractivity contribution in [3.63, 3.8) is 0 Å². The summed E-state index contributed by atoms with van der Waals surface area (Å²) >= 11 is 7.69. The third-order valence-electron chi connectivity index (χ3n) is 2.75. The van der Waals surface area contributed by atoms with Crippen LogP contribution in [0.5, 0.6) is 0 Å². The van der Waals surface area contributed by atoms with Crippen LogP contribution in [0.15, 0.2) is 23.8 Å². The monoisotopic (exact) mass is 324 g/mol. The molecule has 0 aromatic carbocycles. The maximum atomic E-state index is 12.0. The van der Waals surface area contributed by atoms with E-state index in [1.54, 1.807) is 23.6 Å². The van der Waals surface area contributed by atoms with Gasteiger partial charge < -0.3 is 10.6 Å². The van der Waals surface area contributed by atoms with Crippen LogP contribution in [0.2, 0.25) is 5.02 Å². The van der Waals surface area contributed by atoms with Crippen LogP contribution in [0.4, 0.5) is 5.82 Å². The van der Waals surface area contributed by atoms with E-state index in [9.17, 15) is 4.79 Å². The molecule has 0 bridgehead atoms. The first kappa shape index (κ1) is 15.7. The van der Waals surface area contributed by atoms with E-state index in [1.807, 2.05) is 5.38 Å². The Morgan fingerprint density at radius 3 is 2.90 bits per heavy atom. The van der Waals surface area contributed by atoms with Crippen molar-refractivity contribution < 1.29 is 4.79 Å². The molecule has 112 valence electrons. The molecule has 0 aliphatic carbocycles. The molecule has 2 rings (SSSR count). The number of carbonyl (C=O) groups excluding carboxylic acids is 1. The zero-order valence-electron chi connectivity index (χ0n) is 11.7. The van der Waals surface area contributed by atoms with E-state index in [0.29, 0.717) is 22.9 Å². The zero-order valence-corrected chi connectivity index (χ0v) is 13.3. The van der Waals surface area contributed by atoms with Gasteiger partial charge in [0.15, 0.2) is 0 Å². The van der Waals surface area contributed by atoms with Gasteiger partial charge in [0.25, 0.3) is 5.91 Å². The predicted molar refractivity (Wildman–Crippen MR) is 86.2 cm³/mol. The molecular weight excluding hydrogens is 308 g/mol. The summed E-state index contributed by atoms with van der Waals surface area (Å²) in [5, 5.41) is 9.32. The molecule has 2 heterocycles. The molecule has 2 N–H and O–H groups in total. The van der Waals surface area contributed by atoms with Crippen LogP contribution in [-0.4, -0.2) is 29.0 Å². The SMILES string of the molecule is CCCNc1ncc(C(=O)NCCc2nccs2)cc1Cl. The highest BCUT2D eigenvalue weighted by Crippen LogP contribution is 2.20. The van der Waals surface area contributed by atoms with Crippen LogP contribution in [0, 0.1) is 0 Å². The van der Waals surface area contributed by atoms with Gasteiger partial charge in [-0.1, -0.05) is 18.5 Å². The molecule has 5 nitrogen and oxygen atoms in total. The van der Waals surface area contributed by atoms with E-state index >= 15 is 0 Å². The Kier molecular flexibility index (Phi) is 5.95. The Morgan fingerprint density at radius 2 is 2.24 bits per heavy atom. The third-order valence-corrected chi connectivity index (χ3v) is 3.88. The van der Waals surface area contributed by atoms with Crippen LogP contribution in [0.25, 0.3) is 0 Å². The van der Waals surface area contributed by atoms with Crippen LogP contribution in [0.1, 0.15) is 28.7 Å². The maximum Gasteiger partial charge on any atom is 0.252 e. The van der Waals surface area contributed by atoms with Crippen molar-refractivity contribution in [1.82, 2.24) is 15.3 Å². The number of nitrogens with one attached hydrogen (secondary N) is 2. The minimum atomic E-state index is -0.178. The minimum absolute atomic E-state index is 0.178. The van der Waals surface area contributed by atoms with Crippen molar-refractivity contribution in [2.45, 2.75) is 19.8 Å². The fourth-order valence-electron chi connectivity index (χ4n) is 1.70. The highest BCUT2D eigenvalue weighted by Gasteiger charge is 2.09. The summed E-state index contributed by atoms with van der Waals surface area (Å²) in [5.41, 5.74) is 0.459. The Hall–Kier alpha value is -1.66. The largest absolute Gasteiger partial charge is 0.369 e. The predicted octanol–water partition coefficient (Wildman–Crippen LogP) is 2.99. The number of halogens is 1. The third kappa shape index (κ3) is 4.68. The number of rotatable bonds is 7. The van der Waals surface area contributed by atoms with Gasteiger partial charge in [-0.3, -0.25) is 4.79 Å². The van der Waals surface area contributed by atoms with Crippen molar-refractivity contribution in [3.05, 3.63) is 39.4 Å². The fourth-order valence-corrected chi connectivity index (χ4v) is 2.55. The van der Waals surface area contributed by atoms with E-state index in [2.05, 4.69) is 27.5 Å². The van der Waals surface area contributed by atoms with E-state index < -0.39 is 0 Å². The van der Waals surface area contributed by atoms with Gasteiger partial charge >= 0.3 is 0 Å². The van der Waals surface area contributed by atoms with Crippen LogP contribution < -0.4 is 10.6 Å². The standard InChI is InChI=1S/C14H17ClN4OS/c1-2-4-17-13-11(15)8-10(9-19-13)14(20)18-5-3-12-16-6-7-21-12/h6-9H,2-5H2,1H3,(H,17,19)(H,18,20). The summed E-state index contributed by atoms with van der Waals surface area (Å²) in [6, 6.07) is 1.63. The first-order valence-corrected chi connectivity index (χ1v) is 8.02. The van der Waals surface area contributed by atoms with Crippen molar-refractivity contribution >= 4 is 34.7 Å². The summed E-state index contributed by atoms with van der Waals surface area (Å²) in [7, 11) is 0. The highest BCUT2D eigenvalue weighted by atomic mass is 35.5. The first-order chi connectivity index (χ1) is 10.2. The van der Waals surface area contributed by atoms with Crippen LogP contribution in [0.3, 0.4) is 0 Å². The molecule has 0 fully saturated rings. The second-order valence-corrected chi connectivity index (χ2v) is 5.80. The molecule has 0 saturated heterocycles. The second kappa shape index (κ2) is 7.95. The fraction of sp³-hybridized carbons (Fsp3) is 0.357. The molecule has 0 spiro atoms. The molecule has 21 heavy (non-hydrogen) atoms. The number of amides is 1. The van der Waals surface area contributed by atoms with Crippen LogP contribution >= 0.6 is 22.9 Å². The van der Waals surface area contributed by atoms with E-state index in [0.717, 1.165) is 24.4 Å². The van der Waals surface area contributed by atoms with Crippen molar-refractivity contribution in [1.29, 1.82) is 0 Å². The topological polar surface area (TPSA) is 66.9 Å². The van der Waals surface area contributed by atoms with Gasteiger partial charge in [0, 0.05) is 37.3 Å². The summed E-state index contributed by atoms with van der Waals surface area (Å²) in [6.07, 6.45) is 4.99. The lowest BCUT2D eigenvalue weighted by Gasteiger charge is -2.08. The molecule has 2 aromatic rings. The molecule has 0 aliphatic heterocycles. The lowest BCUT2D eigenvalue weighted by atomic mass is 10.2. The number of hydrogen-bond acceptors (Lipinski definition) is 5. The molecule has 2 aromatic heterocycles. The molecular formula is C14H17ClN4OS. The van der Waals surface area contributed by atoms with Crippen LogP contribution in [-0.2, 0) is 6.42 Å². The summed E-state index contributed by atoms with van der Waals surface area (Å²) in [4.78, 5) is 20.3. The number of anilines is 1. The van der Waals surface area contributed by atoms with E-state index in [4.69, 9.17) is 11.6 Å². The Bertz CT molecular complexity index is 589. The summed E-state index contributed by atoms with van der Waals surface area (Å²) < 4.78 is 0. The Labute approximate surface area is 132 Å². The zero-order chi connectivity index (χ0) is 15.1.